The minimum absolute atomic E-state index is 0.167. The number of benzene rings is 1. The molecule has 0 saturated heterocycles. The highest BCUT2D eigenvalue weighted by Crippen LogP contribution is 2.25. The molecule has 0 aliphatic rings. The number of phenolic OH excluding ortho intramolecular Hbond substituents is 1. The summed E-state index contributed by atoms with van der Waals surface area (Å²) in [5.41, 5.74) is 1.31. The summed E-state index contributed by atoms with van der Waals surface area (Å²) in [6, 6.07) is 8.27. The molecule has 15 heavy (non-hydrogen) atoms. The predicted octanol–water partition coefficient (Wildman–Crippen LogP) is 3.16. The SMILES string of the molecule is Oc1cccc(-c2cc(Cl)c(Cl)nn2)c1. The quantitative estimate of drug-likeness (QED) is 0.833. The molecule has 1 N–H and O–H groups in total. The largest absolute Gasteiger partial charge is 0.508 e. The monoisotopic (exact) mass is 240 g/mol. The minimum Gasteiger partial charge on any atom is -0.508 e. The van der Waals surface area contributed by atoms with E-state index in [1.165, 1.54) is 0 Å². The highest BCUT2D eigenvalue weighted by Gasteiger charge is 2.05. The first-order valence-electron chi connectivity index (χ1n) is 4.15. The van der Waals surface area contributed by atoms with E-state index >= 15 is 0 Å². The maximum Gasteiger partial charge on any atom is 0.170 e. The summed E-state index contributed by atoms with van der Waals surface area (Å²) in [4.78, 5) is 0. The van der Waals surface area contributed by atoms with Gasteiger partial charge in [-0.05, 0) is 18.2 Å². The van der Waals surface area contributed by atoms with Crippen molar-refractivity contribution in [1.82, 2.24) is 10.2 Å². The third-order valence-electron chi connectivity index (χ3n) is 1.85. The van der Waals surface area contributed by atoms with Gasteiger partial charge in [-0.3, -0.25) is 0 Å². The molecule has 1 aromatic heterocycles. The molecule has 3 nitrogen and oxygen atoms in total. The van der Waals surface area contributed by atoms with Crippen LogP contribution in [0.25, 0.3) is 11.3 Å². The number of halogens is 2. The summed E-state index contributed by atoms with van der Waals surface area (Å²) >= 11 is 11.5. The number of hydrogen-bond acceptors (Lipinski definition) is 3. The standard InChI is InChI=1S/C10H6Cl2N2O/c11-8-5-9(13-14-10(8)12)6-2-1-3-7(15)4-6/h1-5,15H. The number of rotatable bonds is 1. The Morgan fingerprint density at radius 2 is 1.87 bits per heavy atom. The van der Waals surface area contributed by atoms with Gasteiger partial charge < -0.3 is 5.11 Å². The number of nitrogens with zero attached hydrogens (tertiary/aromatic N) is 2. The molecular weight excluding hydrogens is 235 g/mol. The molecule has 76 valence electrons. The van der Waals surface area contributed by atoms with E-state index in [-0.39, 0.29) is 10.9 Å². The molecule has 1 heterocycles. The van der Waals surface area contributed by atoms with Crippen molar-refractivity contribution in [3.63, 3.8) is 0 Å². The summed E-state index contributed by atoms with van der Waals surface area (Å²) in [5.74, 6) is 0.167. The molecule has 0 spiro atoms. The summed E-state index contributed by atoms with van der Waals surface area (Å²) < 4.78 is 0. The fourth-order valence-corrected chi connectivity index (χ4v) is 1.39. The molecule has 2 rings (SSSR count). The van der Waals surface area contributed by atoms with Crippen LogP contribution in [0.15, 0.2) is 30.3 Å². The van der Waals surface area contributed by atoms with Gasteiger partial charge in [0.15, 0.2) is 5.15 Å². The lowest BCUT2D eigenvalue weighted by Gasteiger charge is -2.01. The van der Waals surface area contributed by atoms with Crippen LogP contribution in [0, 0.1) is 0 Å². The van der Waals surface area contributed by atoms with Gasteiger partial charge in [0.25, 0.3) is 0 Å². The molecule has 0 atom stereocenters. The number of hydrogen-bond donors (Lipinski definition) is 1. The zero-order valence-electron chi connectivity index (χ0n) is 7.48. The van der Waals surface area contributed by atoms with Gasteiger partial charge in [0.2, 0.25) is 0 Å². The number of aromatic hydroxyl groups is 1. The van der Waals surface area contributed by atoms with Gasteiger partial charge in [-0.15, -0.1) is 10.2 Å². The molecular formula is C10H6Cl2N2O. The van der Waals surface area contributed by atoms with E-state index < -0.39 is 0 Å². The zero-order valence-corrected chi connectivity index (χ0v) is 9.00. The van der Waals surface area contributed by atoms with Gasteiger partial charge in [0.1, 0.15) is 5.75 Å². The average molecular weight is 241 g/mol. The van der Waals surface area contributed by atoms with Crippen molar-refractivity contribution in [2.24, 2.45) is 0 Å². The summed E-state index contributed by atoms with van der Waals surface area (Å²) in [5, 5.41) is 17.4. The van der Waals surface area contributed by atoms with Crippen LogP contribution < -0.4 is 0 Å². The molecule has 0 aliphatic carbocycles. The second kappa shape index (κ2) is 4.04. The normalized spacial score (nSPS) is 10.3. The van der Waals surface area contributed by atoms with Gasteiger partial charge >= 0.3 is 0 Å². The van der Waals surface area contributed by atoms with E-state index in [0.717, 1.165) is 5.56 Å². The van der Waals surface area contributed by atoms with Crippen molar-refractivity contribution in [3.05, 3.63) is 40.5 Å². The van der Waals surface area contributed by atoms with Gasteiger partial charge in [-0.2, -0.15) is 0 Å². The van der Waals surface area contributed by atoms with Gasteiger partial charge in [-0.1, -0.05) is 35.3 Å². The van der Waals surface area contributed by atoms with E-state index in [4.69, 9.17) is 23.2 Å². The van der Waals surface area contributed by atoms with E-state index in [1.54, 1.807) is 30.3 Å². The molecule has 1 aromatic carbocycles. The molecule has 0 saturated carbocycles. The molecule has 0 radical (unpaired) electrons. The first kappa shape index (κ1) is 10.2. The summed E-state index contributed by atoms with van der Waals surface area (Å²) in [6.45, 7) is 0. The summed E-state index contributed by atoms with van der Waals surface area (Å²) in [7, 11) is 0. The topological polar surface area (TPSA) is 46.0 Å². The highest BCUT2D eigenvalue weighted by molar-refractivity contribution is 6.41. The van der Waals surface area contributed by atoms with Crippen LogP contribution in [0.4, 0.5) is 0 Å². The van der Waals surface area contributed by atoms with Crippen LogP contribution >= 0.6 is 23.2 Å². The van der Waals surface area contributed by atoms with E-state index in [2.05, 4.69) is 10.2 Å². The van der Waals surface area contributed by atoms with Gasteiger partial charge in [0, 0.05) is 5.56 Å². The molecule has 0 bridgehead atoms. The Balaban J connectivity index is 2.50. The number of phenols is 1. The Labute approximate surface area is 96.3 Å². The third kappa shape index (κ3) is 2.19. The lowest BCUT2D eigenvalue weighted by atomic mass is 10.1. The van der Waals surface area contributed by atoms with E-state index in [1.807, 2.05) is 0 Å². The van der Waals surface area contributed by atoms with Gasteiger partial charge in [0.05, 0.1) is 10.7 Å². The van der Waals surface area contributed by atoms with Crippen LogP contribution in [0.1, 0.15) is 0 Å². The van der Waals surface area contributed by atoms with Crippen molar-refractivity contribution in [1.29, 1.82) is 0 Å². The van der Waals surface area contributed by atoms with Crippen LogP contribution in [0.3, 0.4) is 0 Å². The van der Waals surface area contributed by atoms with Crippen molar-refractivity contribution in [2.75, 3.05) is 0 Å². The van der Waals surface area contributed by atoms with Crippen LogP contribution in [0.5, 0.6) is 5.75 Å². The van der Waals surface area contributed by atoms with E-state index in [0.29, 0.717) is 10.7 Å². The minimum atomic E-state index is 0.167. The van der Waals surface area contributed by atoms with E-state index in [9.17, 15) is 5.11 Å². The second-order valence-electron chi connectivity index (χ2n) is 2.92. The number of aromatic nitrogens is 2. The first-order valence-corrected chi connectivity index (χ1v) is 4.90. The van der Waals surface area contributed by atoms with Crippen LogP contribution in [0.2, 0.25) is 10.2 Å². The fraction of sp³-hybridized carbons (Fsp3) is 0. The Morgan fingerprint density at radius 1 is 1.07 bits per heavy atom. The van der Waals surface area contributed by atoms with Crippen molar-refractivity contribution < 1.29 is 5.11 Å². The molecule has 0 fully saturated rings. The maximum atomic E-state index is 9.29. The average Bonchev–Trinajstić information content (AvgIpc) is 2.22. The van der Waals surface area contributed by atoms with Crippen molar-refractivity contribution >= 4 is 23.2 Å². The van der Waals surface area contributed by atoms with Crippen LogP contribution in [-0.4, -0.2) is 15.3 Å². The Bertz CT molecular complexity index is 503. The zero-order chi connectivity index (χ0) is 10.8. The molecule has 2 aromatic rings. The first-order chi connectivity index (χ1) is 7.16. The van der Waals surface area contributed by atoms with Gasteiger partial charge in [-0.25, -0.2) is 0 Å². The smallest absolute Gasteiger partial charge is 0.170 e. The Morgan fingerprint density at radius 3 is 2.53 bits per heavy atom. The highest BCUT2D eigenvalue weighted by atomic mass is 35.5. The predicted molar refractivity (Wildman–Crippen MR) is 59.2 cm³/mol. The molecule has 0 aliphatic heterocycles. The fourth-order valence-electron chi connectivity index (χ4n) is 1.16. The Hall–Kier alpha value is -1.32. The Kier molecular flexibility index (Phi) is 2.75. The van der Waals surface area contributed by atoms with Crippen LogP contribution in [-0.2, 0) is 0 Å². The van der Waals surface area contributed by atoms with Crippen molar-refractivity contribution in [3.8, 4) is 17.0 Å². The molecule has 0 amide bonds. The lowest BCUT2D eigenvalue weighted by Crippen LogP contribution is -1.88. The lowest BCUT2D eigenvalue weighted by molar-refractivity contribution is 0.475. The molecule has 5 heteroatoms. The second-order valence-corrected chi connectivity index (χ2v) is 3.68. The molecule has 0 unspecified atom stereocenters. The third-order valence-corrected chi connectivity index (χ3v) is 2.51. The summed E-state index contributed by atoms with van der Waals surface area (Å²) in [6.07, 6.45) is 0. The maximum absolute atomic E-state index is 9.29. The van der Waals surface area contributed by atoms with Crippen molar-refractivity contribution in [2.45, 2.75) is 0 Å².